The molecule has 0 spiro atoms. The molecule has 0 heterocycles. The molecule has 14 heavy (non-hydrogen) atoms. The highest BCUT2D eigenvalue weighted by Gasteiger charge is 1.91. The van der Waals surface area contributed by atoms with E-state index in [1.54, 1.807) is 12.1 Å². The third-order valence-electron chi connectivity index (χ3n) is 1.79. The number of ether oxygens (including phenoxy) is 1. The Balaban J connectivity index is 2.15. The van der Waals surface area contributed by atoms with E-state index in [0.717, 1.165) is 25.3 Å². The zero-order chi connectivity index (χ0) is 10.2. The fourth-order valence-corrected chi connectivity index (χ4v) is 1.09. The summed E-state index contributed by atoms with van der Waals surface area (Å²) >= 11 is 0. The molecule has 0 atom stereocenters. The lowest BCUT2D eigenvalue weighted by atomic mass is 10.3. The highest BCUT2D eigenvalue weighted by atomic mass is 16.5. The topological polar surface area (TPSA) is 41.5 Å². The Kier molecular flexibility index (Phi) is 4.86. The molecule has 1 rings (SSSR count). The molecule has 0 unspecified atom stereocenters. The van der Waals surface area contributed by atoms with E-state index in [0.29, 0.717) is 6.61 Å². The van der Waals surface area contributed by atoms with Crippen molar-refractivity contribution in [3.63, 3.8) is 0 Å². The summed E-state index contributed by atoms with van der Waals surface area (Å²) in [6.07, 6.45) is 1.05. The average molecular weight is 195 g/mol. The van der Waals surface area contributed by atoms with Crippen molar-refractivity contribution in [2.24, 2.45) is 0 Å². The molecule has 1 aromatic carbocycles. The van der Waals surface area contributed by atoms with Gasteiger partial charge in [0, 0.05) is 18.8 Å². The molecule has 0 aromatic heterocycles. The van der Waals surface area contributed by atoms with Gasteiger partial charge in [-0.2, -0.15) is 0 Å². The summed E-state index contributed by atoms with van der Waals surface area (Å²) in [5.74, 6) is 0.290. The van der Waals surface area contributed by atoms with E-state index in [-0.39, 0.29) is 5.75 Å². The molecule has 0 bridgehead atoms. The van der Waals surface area contributed by atoms with Crippen molar-refractivity contribution in [2.45, 2.75) is 13.3 Å². The molecule has 0 fully saturated rings. The molecule has 3 nitrogen and oxygen atoms in total. The van der Waals surface area contributed by atoms with E-state index < -0.39 is 0 Å². The molecular formula is C11H17NO2. The van der Waals surface area contributed by atoms with Crippen LogP contribution in [0.3, 0.4) is 0 Å². The molecule has 0 saturated heterocycles. The van der Waals surface area contributed by atoms with Gasteiger partial charge in [-0.05, 0) is 30.7 Å². The van der Waals surface area contributed by atoms with Crippen molar-refractivity contribution >= 4 is 5.69 Å². The summed E-state index contributed by atoms with van der Waals surface area (Å²) in [6.45, 7) is 4.42. The van der Waals surface area contributed by atoms with E-state index in [4.69, 9.17) is 9.84 Å². The maximum Gasteiger partial charge on any atom is 0.115 e. The second kappa shape index (κ2) is 6.27. The van der Waals surface area contributed by atoms with Crippen LogP contribution in [0.1, 0.15) is 13.3 Å². The van der Waals surface area contributed by atoms with Gasteiger partial charge in [-0.25, -0.2) is 0 Å². The zero-order valence-corrected chi connectivity index (χ0v) is 8.49. The van der Waals surface area contributed by atoms with Gasteiger partial charge < -0.3 is 15.2 Å². The largest absolute Gasteiger partial charge is 0.508 e. The van der Waals surface area contributed by atoms with Gasteiger partial charge in [0.05, 0.1) is 6.61 Å². The van der Waals surface area contributed by atoms with Crippen LogP contribution >= 0.6 is 0 Å². The monoisotopic (exact) mass is 195 g/mol. The predicted octanol–water partition coefficient (Wildman–Crippen LogP) is 2.23. The number of nitrogens with one attached hydrogen (secondary N) is 1. The lowest BCUT2D eigenvalue weighted by Gasteiger charge is -2.06. The van der Waals surface area contributed by atoms with Crippen LogP contribution in [-0.4, -0.2) is 24.9 Å². The van der Waals surface area contributed by atoms with Gasteiger partial charge in [-0.3, -0.25) is 0 Å². The first-order valence-corrected chi connectivity index (χ1v) is 4.93. The van der Waals surface area contributed by atoms with Crippen LogP contribution in [0.4, 0.5) is 5.69 Å². The highest BCUT2D eigenvalue weighted by Crippen LogP contribution is 2.12. The molecule has 0 aliphatic rings. The number of aromatic hydroxyl groups is 1. The number of hydrogen-bond donors (Lipinski definition) is 2. The van der Waals surface area contributed by atoms with Crippen LogP contribution in [0.2, 0.25) is 0 Å². The lowest BCUT2D eigenvalue weighted by Crippen LogP contribution is -2.09. The van der Waals surface area contributed by atoms with Crippen LogP contribution in [0, 0.1) is 0 Å². The third kappa shape index (κ3) is 4.14. The summed E-state index contributed by atoms with van der Waals surface area (Å²) in [7, 11) is 0. The summed E-state index contributed by atoms with van der Waals surface area (Å²) in [6, 6.07) is 7.01. The Labute approximate surface area is 84.7 Å². The Hall–Kier alpha value is -1.22. The third-order valence-corrected chi connectivity index (χ3v) is 1.79. The summed E-state index contributed by atoms with van der Waals surface area (Å²) in [4.78, 5) is 0. The number of hydrogen-bond acceptors (Lipinski definition) is 3. The number of rotatable bonds is 6. The molecule has 0 aliphatic carbocycles. The molecule has 0 radical (unpaired) electrons. The van der Waals surface area contributed by atoms with Crippen molar-refractivity contribution in [2.75, 3.05) is 25.1 Å². The molecular weight excluding hydrogens is 178 g/mol. The first-order valence-electron chi connectivity index (χ1n) is 4.93. The van der Waals surface area contributed by atoms with E-state index in [9.17, 15) is 0 Å². The molecule has 2 N–H and O–H groups in total. The summed E-state index contributed by atoms with van der Waals surface area (Å²) < 4.78 is 5.32. The van der Waals surface area contributed by atoms with Gasteiger partial charge in [0.25, 0.3) is 0 Å². The zero-order valence-electron chi connectivity index (χ0n) is 8.49. The number of anilines is 1. The van der Waals surface area contributed by atoms with Crippen molar-refractivity contribution in [3.05, 3.63) is 24.3 Å². The number of phenols is 1. The second-order valence-corrected chi connectivity index (χ2v) is 3.09. The molecule has 1 aromatic rings. The van der Waals surface area contributed by atoms with E-state index in [2.05, 4.69) is 12.2 Å². The van der Waals surface area contributed by atoms with E-state index in [1.165, 1.54) is 0 Å². The minimum Gasteiger partial charge on any atom is -0.508 e. The maximum atomic E-state index is 9.05. The Morgan fingerprint density at radius 2 is 1.93 bits per heavy atom. The van der Waals surface area contributed by atoms with Crippen LogP contribution in [0.15, 0.2) is 24.3 Å². The van der Waals surface area contributed by atoms with Crippen LogP contribution in [0.5, 0.6) is 5.75 Å². The standard InChI is InChI=1S/C11H17NO2/c1-2-8-14-9-7-12-10-3-5-11(13)6-4-10/h3-6,12-13H,2,7-9H2,1H3. The second-order valence-electron chi connectivity index (χ2n) is 3.09. The molecule has 0 aliphatic heterocycles. The SMILES string of the molecule is CCCOCCNc1ccc(O)cc1. The van der Waals surface area contributed by atoms with Gasteiger partial charge in [0.1, 0.15) is 5.75 Å². The van der Waals surface area contributed by atoms with Crippen molar-refractivity contribution in [1.29, 1.82) is 0 Å². The average Bonchev–Trinajstić information content (AvgIpc) is 2.21. The molecule has 3 heteroatoms. The van der Waals surface area contributed by atoms with Crippen LogP contribution in [0.25, 0.3) is 0 Å². The fourth-order valence-electron chi connectivity index (χ4n) is 1.09. The smallest absolute Gasteiger partial charge is 0.115 e. The summed E-state index contributed by atoms with van der Waals surface area (Å²) in [5, 5.41) is 12.2. The quantitative estimate of drug-likeness (QED) is 0.540. The van der Waals surface area contributed by atoms with Gasteiger partial charge in [-0.1, -0.05) is 6.92 Å². The van der Waals surface area contributed by atoms with E-state index >= 15 is 0 Å². The highest BCUT2D eigenvalue weighted by molar-refractivity contribution is 5.45. The Bertz CT molecular complexity index is 246. The van der Waals surface area contributed by atoms with Crippen molar-refractivity contribution < 1.29 is 9.84 Å². The van der Waals surface area contributed by atoms with Crippen LogP contribution < -0.4 is 5.32 Å². The molecule has 0 amide bonds. The first-order chi connectivity index (χ1) is 6.83. The van der Waals surface area contributed by atoms with Gasteiger partial charge in [-0.15, -0.1) is 0 Å². The van der Waals surface area contributed by atoms with Crippen molar-refractivity contribution in [3.8, 4) is 5.75 Å². The number of benzene rings is 1. The molecule has 78 valence electrons. The minimum absolute atomic E-state index is 0.290. The maximum absolute atomic E-state index is 9.05. The van der Waals surface area contributed by atoms with Crippen molar-refractivity contribution in [1.82, 2.24) is 0 Å². The van der Waals surface area contributed by atoms with E-state index in [1.807, 2.05) is 12.1 Å². The minimum atomic E-state index is 0.290. The summed E-state index contributed by atoms with van der Waals surface area (Å²) in [5.41, 5.74) is 1.00. The Morgan fingerprint density at radius 1 is 1.21 bits per heavy atom. The van der Waals surface area contributed by atoms with Crippen LogP contribution in [-0.2, 0) is 4.74 Å². The van der Waals surface area contributed by atoms with Gasteiger partial charge in [0.2, 0.25) is 0 Å². The van der Waals surface area contributed by atoms with Gasteiger partial charge >= 0.3 is 0 Å². The Morgan fingerprint density at radius 3 is 2.57 bits per heavy atom. The molecule has 0 saturated carbocycles. The number of phenolic OH excluding ortho intramolecular Hbond substituents is 1. The fraction of sp³-hybridized carbons (Fsp3) is 0.455. The lowest BCUT2D eigenvalue weighted by molar-refractivity contribution is 0.144. The first kappa shape index (κ1) is 10.9. The normalized spacial score (nSPS) is 10.1. The van der Waals surface area contributed by atoms with Gasteiger partial charge in [0.15, 0.2) is 0 Å². The predicted molar refractivity (Wildman–Crippen MR) is 57.7 cm³/mol.